The molecule has 9 heteroatoms. The second-order valence-electron chi connectivity index (χ2n) is 6.17. The number of carbonyl (C=O) groups is 3. The maximum Gasteiger partial charge on any atom is 0.322 e. The first-order valence-corrected chi connectivity index (χ1v) is 9.35. The van der Waals surface area contributed by atoms with Crippen molar-refractivity contribution in [3.8, 4) is 0 Å². The SMILES string of the molecule is O=C(C[C@@H]1C(=O)NCCN1C(=O)Nc1ccccc1)Nc1cc(Cl)ccc1Cl. The minimum atomic E-state index is -0.935. The van der Waals surface area contributed by atoms with Gasteiger partial charge in [-0.25, -0.2) is 4.79 Å². The molecule has 1 atom stereocenters. The average Bonchev–Trinajstić information content (AvgIpc) is 2.67. The molecule has 1 saturated heterocycles. The standard InChI is InChI=1S/C19H18Cl2N4O3/c20-12-6-7-14(21)15(10-12)24-17(26)11-16-18(27)22-8-9-25(16)19(28)23-13-4-2-1-3-5-13/h1-7,10,16H,8-9,11H2,(H,22,27)(H,23,28)(H,24,26)/t16-/m1/s1. The zero-order chi connectivity index (χ0) is 20.1. The van der Waals surface area contributed by atoms with Crippen LogP contribution in [0.25, 0.3) is 0 Å². The third-order valence-electron chi connectivity index (χ3n) is 4.20. The molecule has 28 heavy (non-hydrogen) atoms. The Balaban J connectivity index is 1.69. The summed E-state index contributed by atoms with van der Waals surface area (Å²) < 4.78 is 0. The van der Waals surface area contributed by atoms with Crippen LogP contribution in [-0.4, -0.2) is 41.9 Å². The maximum atomic E-state index is 12.6. The number of nitrogens with one attached hydrogen (secondary N) is 3. The fraction of sp³-hybridized carbons (Fsp3) is 0.211. The highest BCUT2D eigenvalue weighted by atomic mass is 35.5. The van der Waals surface area contributed by atoms with Crippen LogP contribution >= 0.6 is 23.2 Å². The smallest absolute Gasteiger partial charge is 0.322 e. The molecule has 1 aliphatic rings. The predicted octanol–water partition coefficient (Wildman–Crippen LogP) is 3.35. The molecule has 7 nitrogen and oxygen atoms in total. The number of hydrogen-bond donors (Lipinski definition) is 3. The molecule has 1 fully saturated rings. The van der Waals surface area contributed by atoms with Gasteiger partial charge in [-0.1, -0.05) is 41.4 Å². The Morgan fingerprint density at radius 2 is 1.86 bits per heavy atom. The fourth-order valence-electron chi connectivity index (χ4n) is 2.85. The van der Waals surface area contributed by atoms with E-state index in [1.165, 1.54) is 11.0 Å². The highest BCUT2D eigenvalue weighted by molar-refractivity contribution is 6.35. The third kappa shape index (κ3) is 4.94. The van der Waals surface area contributed by atoms with Crippen molar-refractivity contribution in [2.75, 3.05) is 23.7 Å². The van der Waals surface area contributed by atoms with Crippen molar-refractivity contribution in [2.45, 2.75) is 12.5 Å². The van der Waals surface area contributed by atoms with Crippen molar-refractivity contribution in [1.82, 2.24) is 10.2 Å². The van der Waals surface area contributed by atoms with Crippen molar-refractivity contribution in [2.24, 2.45) is 0 Å². The van der Waals surface area contributed by atoms with Gasteiger partial charge in [-0.2, -0.15) is 0 Å². The van der Waals surface area contributed by atoms with Crippen molar-refractivity contribution in [1.29, 1.82) is 0 Å². The van der Waals surface area contributed by atoms with E-state index in [9.17, 15) is 14.4 Å². The van der Waals surface area contributed by atoms with E-state index in [2.05, 4.69) is 16.0 Å². The topological polar surface area (TPSA) is 90.5 Å². The molecule has 146 valence electrons. The number of anilines is 2. The Morgan fingerprint density at radius 1 is 1.11 bits per heavy atom. The van der Waals surface area contributed by atoms with Gasteiger partial charge in [-0.05, 0) is 30.3 Å². The summed E-state index contributed by atoms with van der Waals surface area (Å²) in [5, 5.41) is 8.79. The van der Waals surface area contributed by atoms with Crippen molar-refractivity contribution in [3.63, 3.8) is 0 Å². The first-order chi connectivity index (χ1) is 13.4. The van der Waals surface area contributed by atoms with Gasteiger partial charge in [0.05, 0.1) is 17.1 Å². The lowest BCUT2D eigenvalue weighted by Crippen LogP contribution is -2.59. The quantitative estimate of drug-likeness (QED) is 0.707. The van der Waals surface area contributed by atoms with Crippen LogP contribution in [0.5, 0.6) is 0 Å². The largest absolute Gasteiger partial charge is 0.353 e. The number of carbonyl (C=O) groups excluding carboxylic acids is 3. The van der Waals surface area contributed by atoms with Crippen molar-refractivity contribution in [3.05, 3.63) is 58.6 Å². The number of amides is 4. The molecule has 1 aliphatic heterocycles. The molecule has 3 rings (SSSR count). The molecule has 0 spiro atoms. The maximum absolute atomic E-state index is 12.6. The molecule has 0 unspecified atom stereocenters. The Labute approximate surface area is 172 Å². The third-order valence-corrected chi connectivity index (χ3v) is 4.76. The van der Waals surface area contributed by atoms with Crippen LogP contribution in [0.1, 0.15) is 6.42 Å². The van der Waals surface area contributed by atoms with E-state index in [0.717, 1.165) is 0 Å². The molecule has 3 N–H and O–H groups in total. The lowest BCUT2D eigenvalue weighted by atomic mass is 10.1. The number of nitrogens with zero attached hydrogens (tertiary/aromatic N) is 1. The number of piperazine rings is 1. The molecule has 1 heterocycles. The zero-order valence-corrected chi connectivity index (χ0v) is 16.3. The highest BCUT2D eigenvalue weighted by Crippen LogP contribution is 2.26. The lowest BCUT2D eigenvalue weighted by molar-refractivity contribution is -0.130. The van der Waals surface area contributed by atoms with E-state index in [4.69, 9.17) is 23.2 Å². The number of urea groups is 1. The monoisotopic (exact) mass is 420 g/mol. The number of rotatable bonds is 4. The lowest BCUT2D eigenvalue weighted by Gasteiger charge is -2.34. The summed E-state index contributed by atoms with van der Waals surface area (Å²) in [6.07, 6.45) is -0.211. The van der Waals surface area contributed by atoms with Crippen LogP contribution in [0.2, 0.25) is 10.0 Å². The molecule has 0 aromatic heterocycles. The van der Waals surface area contributed by atoms with Crippen LogP contribution in [0.15, 0.2) is 48.5 Å². The molecule has 4 amide bonds. The number of hydrogen-bond acceptors (Lipinski definition) is 3. The van der Waals surface area contributed by atoms with Gasteiger partial charge < -0.3 is 20.9 Å². The van der Waals surface area contributed by atoms with Crippen LogP contribution in [0.4, 0.5) is 16.2 Å². The predicted molar refractivity (Wildman–Crippen MR) is 109 cm³/mol. The van der Waals surface area contributed by atoms with Crippen molar-refractivity contribution >= 4 is 52.4 Å². The molecule has 0 bridgehead atoms. The summed E-state index contributed by atoms with van der Waals surface area (Å²) >= 11 is 12.0. The summed E-state index contributed by atoms with van der Waals surface area (Å²) in [4.78, 5) is 38.8. The van der Waals surface area contributed by atoms with E-state index < -0.39 is 18.0 Å². The summed E-state index contributed by atoms with van der Waals surface area (Å²) in [5.74, 6) is -0.842. The van der Waals surface area contributed by atoms with Crippen LogP contribution in [0.3, 0.4) is 0 Å². The minimum Gasteiger partial charge on any atom is -0.353 e. The van der Waals surface area contributed by atoms with E-state index in [1.54, 1.807) is 36.4 Å². The Morgan fingerprint density at radius 3 is 2.61 bits per heavy atom. The van der Waals surface area contributed by atoms with Gasteiger partial charge in [-0.15, -0.1) is 0 Å². The Kier molecular flexibility index (Phi) is 6.38. The van der Waals surface area contributed by atoms with Crippen LogP contribution in [-0.2, 0) is 9.59 Å². The molecule has 0 aliphatic carbocycles. The first kappa shape index (κ1) is 20.0. The summed E-state index contributed by atoms with van der Waals surface area (Å²) in [6.45, 7) is 0.611. The second-order valence-corrected chi connectivity index (χ2v) is 7.02. The van der Waals surface area contributed by atoms with E-state index >= 15 is 0 Å². The first-order valence-electron chi connectivity index (χ1n) is 8.59. The molecular formula is C19H18Cl2N4O3. The van der Waals surface area contributed by atoms with Crippen molar-refractivity contribution < 1.29 is 14.4 Å². The average molecular weight is 421 g/mol. The van der Waals surface area contributed by atoms with Crippen LogP contribution < -0.4 is 16.0 Å². The van der Waals surface area contributed by atoms with Gasteiger partial charge in [0.25, 0.3) is 0 Å². The molecule has 2 aromatic carbocycles. The molecule has 2 aromatic rings. The summed E-state index contributed by atoms with van der Waals surface area (Å²) in [6, 6.07) is 12.2. The highest BCUT2D eigenvalue weighted by Gasteiger charge is 2.34. The summed E-state index contributed by atoms with van der Waals surface area (Å²) in [5.41, 5.74) is 0.947. The van der Waals surface area contributed by atoms with E-state index in [1.807, 2.05) is 6.07 Å². The minimum absolute atomic E-state index is 0.211. The molecule has 0 radical (unpaired) electrons. The van der Waals surface area contributed by atoms with Gasteiger partial charge in [0.15, 0.2) is 0 Å². The summed E-state index contributed by atoms with van der Waals surface area (Å²) in [7, 11) is 0. The molecular weight excluding hydrogens is 403 g/mol. The Bertz CT molecular complexity index is 892. The van der Waals surface area contributed by atoms with E-state index in [0.29, 0.717) is 34.5 Å². The zero-order valence-electron chi connectivity index (χ0n) is 14.7. The Hall–Kier alpha value is -2.77. The van der Waals surface area contributed by atoms with Gasteiger partial charge >= 0.3 is 6.03 Å². The van der Waals surface area contributed by atoms with Gasteiger partial charge in [0.2, 0.25) is 11.8 Å². The number of benzene rings is 2. The number of halogens is 2. The van der Waals surface area contributed by atoms with Gasteiger partial charge in [-0.3, -0.25) is 9.59 Å². The number of para-hydroxylation sites is 1. The van der Waals surface area contributed by atoms with E-state index in [-0.39, 0.29) is 12.3 Å². The van der Waals surface area contributed by atoms with Gasteiger partial charge in [0.1, 0.15) is 6.04 Å². The van der Waals surface area contributed by atoms with Gasteiger partial charge in [0, 0.05) is 23.8 Å². The fourth-order valence-corrected chi connectivity index (χ4v) is 3.18. The second kappa shape index (κ2) is 8.95. The van der Waals surface area contributed by atoms with Crippen LogP contribution in [0, 0.1) is 0 Å². The normalized spacial score (nSPS) is 16.3. The molecule has 0 saturated carbocycles.